The monoisotopic (exact) mass is 535 g/mol. The van der Waals surface area contributed by atoms with Crippen LogP contribution in [0.25, 0.3) is 71.6 Å². The summed E-state index contributed by atoms with van der Waals surface area (Å²) in [4.78, 5) is 0. The highest BCUT2D eigenvalue weighted by Crippen LogP contribution is 2.49. The molecule has 0 unspecified atom stereocenters. The van der Waals surface area contributed by atoms with E-state index in [1.165, 1.54) is 66.1 Å². The molecule has 0 atom stereocenters. The van der Waals surface area contributed by atoms with E-state index in [-0.39, 0.29) is 0 Å². The maximum Gasteiger partial charge on any atom is 0.135 e. The van der Waals surface area contributed by atoms with Crippen LogP contribution < -0.4 is 4.74 Å². The van der Waals surface area contributed by atoms with Crippen molar-refractivity contribution >= 4 is 32.6 Å². The summed E-state index contributed by atoms with van der Waals surface area (Å²) in [5, 5.41) is 4.88. The molecule has 0 N–H and O–H groups in total. The number of hydrogen-bond donors (Lipinski definition) is 0. The third-order valence-corrected chi connectivity index (χ3v) is 8.61. The molecule has 1 aliphatic heterocycles. The van der Waals surface area contributed by atoms with Gasteiger partial charge in [-0.1, -0.05) is 109 Å². The fraction of sp³-hybridized carbons (Fsp3) is 0. The van der Waals surface area contributed by atoms with Crippen LogP contribution in [0.5, 0.6) is 11.5 Å². The summed E-state index contributed by atoms with van der Waals surface area (Å²) in [6, 6.07) is 54.2. The molecule has 0 saturated carbocycles. The lowest BCUT2D eigenvalue weighted by atomic mass is 9.87. The van der Waals surface area contributed by atoms with Gasteiger partial charge in [-0.15, -0.1) is 0 Å². The van der Waals surface area contributed by atoms with Crippen LogP contribution >= 0.6 is 0 Å². The van der Waals surface area contributed by atoms with Crippen molar-refractivity contribution in [2.75, 3.05) is 0 Å². The second kappa shape index (κ2) is 8.95. The molecule has 0 spiro atoms. The highest BCUT2D eigenvalue weighted by Gasteiger charge is 2.22. The Morgan fingerprint density at radius 1 is 0.381 bits per heavy atom. The summed E-state index contributed by atoms with van der Waals surface area (Å²) < 4.78 is 8.75. The maximum absolute atomic E-state index is 6.38. The first kappa shape index (κ1) is 23.1. The summed E-state index contributed by atoms with van der Waals surface area (Å²) in [5.74, 6) is 1.82. The molecule has 2 heteroatoms. The highest BCUT2D eigenvalue weighted by atomic mass is 16.5. The number of hydrogen-bond acceptors (Lipinski definition) is 1. The minimum Gasteiger partial charge on any atom is -0.456 e. The number of ether oxygens (including phenoxy) is 1. The molecule has 0 saturated heterocycles. The van der Waals surface area contributed by atoms with Gasteiger partial charge in [-0.05, 0) is 75.7 Å². The van der Waals surface area contributed by atoms with Crippen LogP contribution in [0.2, 0.25) is 0 Å². The number of nitrogens with zero attached hydrogens (tertiary/aromatic N) is 1. The van der Waals surface area contributed by atoms with E-state index in [0.29, 0.717) is 0 Å². The maximum atomic E-state index is 6.38. The van der Waals surface area contributed by atoms with Crippen LogP contribution in [0.1, 0.15) is 0 Å². The van der Waals surface area contributed by atoms with Crippen molar-refractivity contribution < 1.29 is 4.74 Å². The lowest BCUT2D eigenvalue weighted by Gasteiger charge is -2.23. The fourth-order valence-electron chi connectivity index (χ4n) is 6.78. The Morgan fingerprint density at radius 3 is 1.98 bits per heavy atom. The predicted octanol–water partition coefficient (Wildman–Crippen LogP) is 11.0. The molecule has 2 heterocycles. The van der Waals surface area contributed by atoms with E-state index in [4.69, 9.17) is 4.74 Å². The Kier molecular flexibility index (Phi) is 4.93. The lowest BCUT2D eigenvalue weighted by molar-refractivity contribution is 0.487. The van der Waals surface area contributed by atoms with Crippen molar-refractivity contribution in [3.05, 3.63) is 152 Å². The minimum absolute atomic E-state index is 0.911. The summed E-state index contributed by atoms with van der Waals surface area (Å²) in [5.41, 5.74) is 10.8. The second-order valence-corrected chi connectivity index (χ2v) is 10.9. The lowest BCUT2D eigenvalue weighted by Crippen LogP contribution is -1.98. The van der Waals surface area contributed by atoms with Gasteiger partial charge in [-0.25, -0.2) is 0 Å². The SMILES string of the molecule is c1ccc(-n2c3ccccc3c3cc(-c4ccccc4-c4ccc5c6c(cccc46)-c4ccccc4O5)ccc32)cc1. The molecule has 0 fully saturated rings. The number of rotatable bonds is 3. The Bertz CT molecular complexity index is 2330. The van der Waals surface area contributed by atoms with Crippen LogP contribution in [0.3, 0.4) is 0 Å². The Labute approximate surface area is 243 Å². The molecular formula is C40H25NO. The van der Waals surface area contributed by atoms with E-state index in [2.05, 4.69) is 144 Å². The normalized spacial score (nSPS) is 12.0. The van der Waals surface area contributed by atoms with Crippen LogP contribution in [0.4, 0.5) is 0 Å². The third kappa shape index (κ3) is 3.33. The van der Waals surface area contributed by atoms with E-state index in [1.54, 1.807) is 0 Å². The zero-order chi connectivity index (χ0) is 27.6. The van der Waals surface area contributed by atoms with Gasteiger partial charge in [0.2, 0.25) is 0 Å². The van der Waals surface area contributed by atoms with Crippen molar-refractivity contribution in [1.29, 1.82) is 0 Å². The zero-order valence-electron chi connectivity index (χ0n) is 22.8. The molecule has 42 heavy (non-hydrogen) atoms. The third-order valence-electron chi connectivity index (χ3n) is 8.61. The predicted molar refractivity (Wildman–Crippen MR) is 175 cm³/mol. The van der Waals surface area contributed by atoms with Gasteiger partial charge < -0.3 is 9.30 Å². The van der Waals surface area contributed by atoms with E-state index in [0.717, 1.165) is 17.1 Å². The van der Waals surface area contributed by atoms with Gasteiger partial charge in [0.25, 0.3) is 0 Å². The number of fused-ring (bicyclic) bond motifs is 5. The first-order valence-electron chi connectivity index (χ1n) is 14.4. The van der Waals surface area contributed by atoms with E-state index in [1.807, 2.05) is 12.1 Å². The van der Waals surface area contributed by atoms with Crippen molar-refractivity contribution in [3.63, 3.8) is 0 Å². The molecular weight excluding hydrogens is 510 g/mol. The molecule has 0 radical (unpaired) electrons. The molecule has 1 aromatic heterocycles. The highest BCUT2D eigenvalue weighted by molar-refractivity contribution is 6.13. The first-order chi connectivity index (χ1) is 20.8. The summed E-state index contributed by atoms with van der Waals surface area (Å²) in [7, 11) is 0. The molecule has 2 nitrogen and oxygen atoms in total. The smallest absolute Gasteiger partial charge is 0.135 e. The Hall–Kier alpha value is -5.60. The molecule has 196 valence electrons. The van der Waals surface area contributed by atoms with Crippen molar-refractivity contribution in [3.8, 4) is 50.6 Å². The van der Waals surface area contributed by atoms with Crippen molar-refractivity contribution in [2.45, 2.75) is 0 Å². The van der Waals surface area contributed by atoms with Gasteiger partial charge in [-0.3, -0.25) is 0 Å². The average Bonchev–Trinajstić information content (AvgIpc) is 3.39. The van der Waals surface area contributed by atoms with Crippen LogP contribution in [-0.2, 0) is 0 Å². The second-order valence-electron chi connectivity index (χ2n) is 10.9. The van der Waals surface area contributed by atoms with Crippen LogP contribution in [0, 0.1) is 0 Å². The molecule has 0 amide bonds. The van der Waals surface area contributed by atoms with Crippen molar-refractivity contribution in [1.82, 2.24) is 4.57 Å². The first-order valence-corrected chi connectivity index (χ1v) is 14.4. The van der Waals surface area contributed by atoms with Gasteiger partial charge in [-0.2, -0.15) is 0 Å². The molecule has 8 aromatic rings. The quantitative estimate of drug-likeness (QED) is 0.219. The fourth-order valence-corrected chi connectivity index (χ4v) is 6.78. The topological polar surface area (TPSA) is 14.2 Å². The van der Waals surface area contributed by atoms with E-state index >= 15 is 0 Å². The molecule has 0 bridgehead atoms. The van der Waals surface area contributed by atoms with Gasteiger partial charge in [0.15, 0.2) is 0 Å². The number of benzene rings is 7. The van der Waals surface area contributed by atoms with Gasteiger partial charge >= 0.3 is 0 Å². The minimum atomic E-state index is 0.911. The van der Waals surface area contributed by atoms with Crippen LogP contribution in [-0.4, -0.2) is 4.57 Å². The molecule has 7 aromatic carbocycles. The van der Waals surface area contributed by atoms with E-state index in [9.17, 15) is 0 Å². The Morgan fingerprint density at radius 2 is 1.07 bits per heavy atom. The largest absolute Gasteiger partial charge is 0.456 e. The van der Waals surface area contributed by atoms with Gasteiger partial charge in [0.05, 0.1) is 11.0 Å². The molecule has 0 aliphatic carbocycles. The molecule has 9 rings (SSSR count). The number of aromatic nitrogens is 1. The van der Waals surface area contributed by atoms with Gasteiger partial charge in [0, 0.05) is 27.4 Å². The van der Waals surface area contributed by atoms with Crippen LogP contribution in [0.15, 0.2) is 152 Å². The summed E-state index contributed by atoms with van der Waals surface area (Å²) >= 11 is 0. The zero-order valence-corrected chi connectivity index (χ0v) is 22.8. The van der Waals surface area contributed by atoms with Crippen molar-refractivity contribution in [2.24, 2.45) is 0 Å². The number of para-hydroxylation sites is 3. The molecule has 1 aliphatic rings. The summed E-state index contributed by atoms with van der Waals surface area (Å²) in [6.07, 6.45) is 0. The van der Waals surface area contributed by atoms with Gasteiger partial charge in [0.1, 0.15) is 11.5 Å². The standard InChI is InChI=1S/C40H25NO/c1-2-11-27(12-3-1)41-36-19-8-6-15-31(36)35-25-26(21-23-37(35)41)28-13-4-5-14-29(28)30-22-24-39-40-33(30)17-10-18-34(40)32-16-7-9-20-38(32)42-39/h1-25H. The summed E-state index contributed by atoms with van der Waals surface area (Å²) in [6.45, 7) is 0. The van der Waals surface area contributed by atoms with E-state index < -0.39 is 0 Å². The average molecular weight is 536 g/mol. The Balaban J connectivity index is 1.27.